The second-order valence-corrected chi connectivity index (χ2v) is 4.42. The first-order chi connectivity index (χ1) is 8.59. The first-order valence-electron chi connectivity index (χ1n) is 5.99. The summed E-state index contributed by atoms with van der Waals surface area (Å²) in [6.07, 6.45) is 4.48. The first-order valence-corrected chi connectivity index (χ1v) is 5.99. The summed E-state index contributed by atoms with van der Waals surface area (Å²) in [6, 6.07) is -0.748. The van der Waals surface area contributed by atoms with Crippen molar-refractivity contribution in [1.29, 1.82) is 0 Å². The topological polar surface area (TPSA) is 88.3 Å². The zero-order valence-electron chi connectivity index (χ0n) is 10.2. The van der Waals surface area contributed by atoms with Crippen molar-refractivity contribution >= 4 is 11.9 Å². The van der Waals surface area contributed by atoms with E-state index >= 15 is 0 Å². The van der Waals surface area contributed by atoms with Crippen LogP contribution in [0.4, 0.5) is 0 Å². The fraction of sp³-hybridized carbons (Fsp3) is 0.636. The quantitative estimate of drug-likeness (QED) is 0.817. The van der Waals surface area contributed by atoms with Crippen LogP contribution in [0, 0.1) is 0 Å². The van der Waals surface area contributed by atoms with Crippen LogP contribution in [-0.2, 0) is 11.8 Å². The number of amides is 1. The third-order valence-corrected chi connectivity index (χ3v) is 3.12. The molecule has 98 valence electrons. The Hall–Kier alpha value is -1.92. The number of likely N-dealkylation sites (tertiary alicyclic amines) is 1. The van der Waals surface area contributed by atoms with Gasteiger partial charge in [-0.2, -0.15) is 9.90 Å². The molecule has 1 atom stereocenters. The maximum atomic E-state index is 12.2. The van der Waals surface area contributed by atoms with E-state index in [1.54, 1.807) is 7.05 Å². The highest BCUT2D eigenvalue weighted by Crippen LogP contribution is 2.18. The molecule has 0 radical (unpaired) electrons. The van der Waals surface area contributed by atoms with Gasteiger partial charge in [0.05, 0.1) is 6.20 Å². The predicted octanol–water partition coefficient (Wildman–Crippen LogP) is 0.285. The van der Waals surface area contributed by atoms with Gasteiger partial charge >= 0.3 is 5.97 Å². The van der Waals surface area contributed by atoms with Crippen LogP contribution < -0.4 is 0 Å². The Balaban J connectivity index is 2.22. The van der Waals surface area contributed by atoms with Gasteiger partial charge in [0.1, 0.15) is 6.04 Å². The molecule has 1 aliphatic heterocycles. The summed E-state index contributed by atoms with van der Waals surface area (Å²) in [7, 11) is 1.62. The van der Waals surface area contributed by atoms with Gasteiger partial charge in [0.2, 0.25) is 0 Å². The minimum Gasteiger partial charge on any atom is -0.480 e. The molecule has 1 amide bonds. The van der Waals surface area contributed by atoms with Gasteiger partial charge in [0.15, 0.2) is 5.69 Å². The van der Waals surface area contributed by atoms with Crippen LogP contribution in [0.3, 0.4) is 0 Å². The average Bonchev–Trinajstić information content (AvgIpc) is 2.63. The molecule has 2 heterocycles. The molecule has 0 aromatic carbocycles. The van der Waals surface area contributed by atoms with Gasteiger partial charge in [-0.3, -0.25) is 4.79 Å². The maximum absolute atomic E-state index is 12.2. The molecule has 2 rings (SSSR count). The standard InChI is InChI=1S/C11H16N4O3/c1-14-12-7-8(13-14)10(16)15-6-4-2-3-5-9(15)11(17)18/h7,9H,2-6H2,1H3,(H,17,18). The van der Waals surface area contributed by atoms with Crippen LogP contribution in [0.15, 0.2) is 6.20 Å². The Morgan fingerprint density at radius 1 is 1.39 bits per heavy atom. The van der Waals surface area contributed by atoms with E-state index in [0.717, 1.165) is 19.3 Å². The summed E-state index contributed by atoms with van der Waals surface area (Å²) >= 11 is 0. The lowest BCUT2D eigenvalue weighted by Gasteiger charge is -2.25. The Bertz CT molecular complexity index is 457. The summed E-state index contributed by atoms with van der Waals surface area (Å²) in [5, 5.41) is 17.0. The van der Waals surface area contributed by atoms with Crippen molar-refractivity contribution in [2.24, 2.45) is 7.05 Å². The molecule has 0 spiro atoms. The van der Waals surface area contributed by atoms with E-state index < -0.39 is 12.0 Å². The van der Waals surface area contributed by atoms with Crippen LogP contribution in [-0.4, -0.2) is 49.5 Å². The van der Waals surface area contributed by atoms with Crippen molar-refractivity contribution in [2.45, 2.75) is 31.7 Å². The molecular formula is C11H16N4O3. The number of carboxylic acids is 1. The number of carbonyl (C=O) groups excluding carboxylic acids is 1. The highest BCUT2D eigenvalue weighted by molar-refractivity contribution is 5.94. The van der Waals surface area contributed by atoms with Crippen LogP contribution in [0.25, 0.3) is 0 Å². The van der Waals surface area contributed by atoms with Crippen molar-refractivity contribution in [3.05, 3.63) is 11.9 Å². The molecule has 7 nitrogen and oxygen atoms in total. The molecule has 1 unspecified atom stereocenters. The number of aliphatic carboxylic acids is 1. The van der Waals surface area contributed by atoms with E-state index in [1.807, 2.05) is 0 Å². The third kappa shape index (κ3) is 2.49. The monoisotopic (exact) mass is 252 g/mol. The van der Waals surface area contributed by atoms with Gasteiger partial charge < -0.3 is 10.0 Å². The number of carboxylic acid groups (broad SMARTS) is 1. The fourth-order valence-corrected chi connectivity index (χ4v) is 2.20. The van der Waals surface area contributed by atoms with E-state index in [2.05, 4.69) is 10.2 Å². The molecule has 1 saturated heterocycles. The van der Waals surface area contributed by atoms with Crippen molar-refractivity contribution < 1.29 is 14.7 Å². The molecule has 1 aromatic heterocycles. The van der Waals surface area contributed by atoms with E-state index in [9.17, 15) is 14.7 Å². The highest BCUT2D eigenvalue weighted by Gasteiger charge is 2.32. The number of carbonyl (C=O) groups is 2. The summed E-state index contributed by atoms with van der Waals surface area (Å²) in [4.78, 5) is 26.1. The number of hydrogen-bond acceptors (Lipinski definition) is 4. The van der Waals surface area contributed by atoms with Crippen LogP contribution in [0.1, 0.15) is 36.2 Å². The average molecular weight is 252 g/mol. The van der Waals surface area contributed by atoms with Gasteiger partial charge in [-0.15, -0.1) is 5.10 Å². The molecule has 0 aliphatic carbocycles. The van der Waals surface area contributed by atoms with Crippen LogP contribution in [0.2, 0.25) is 0 Å². The lowest BCUT2D eigenvalue weighted by Crippen LogP contribution is -2.44. The normalized spacial score (nSPS) is 20.5. The molecule has 7 heteroatoms. The second-order valence-electron chi connectivity index (χ2n) is 4.42. The fourth-order valence-electron chi connectivity index (χ4n) is 2.20. The smallest absolute Gasteiger partial charge is 0.326 e. The van der Waals surface area contributed by atoms with E-state index in [0.29, 0.717) is 13.0 Å². The second kappa shape index (κ2) is 5.16. The Morgan fingerprint density at radius 2 is 2.17 bits per heavy atom. The summed E-state index contributed by atoms with van der Waals surface area (Å²) in [6.45, 7) is 0.465. The molecule has 0 saturated carbocycles. The summed E-state index contributed by atoms with van der Waals surface area (Å²) in [5.74, 6) is -1.30. The SMILES string of the molecule is Cn1ncc(C(=O)N2CCCCCC2C(=O)O)n1. The number of aryl methyl sites for hydroxylation is 1. The molecule has 1 aliphatic rings. The first kappa shape index (κ1) is 12.5. The highest BCUT2D eigenvalue weighted by atomic mass is 16.4. The number of hydrogen-bond donors (Lipinski definition) is 1. The number of nitrogens with zero attached hydrogens (tertiary/aromatic N) is 4. The molecule has 0 bridgehead atoms. The van der Waals surface area contributed by atoms with Crippen LogP contribution in [0.5, 0.6) is 0 Å². The van der Waals surface area contributed by atoms with Crippen molar-refractivity contribution in [1.82, 2.24) is 19.9 Å². The molecule has 18 heavy (non-hydrogen) atoms. The van der Waals surface area contributed by atoms with Gasteiger partial charge in [-0.25, -0.2) is 4.79 Å². The van der Waals surface area contributed by atoms with Crippen molar-refractivity contribution in [2.75, 3.05) is 6.54 Å². The van der Waals surface area contributed by atoms with E-state index in [-0.39, 0.29) is 11.6 Å². The van der Waals surface area contributed by atoms with Crippen molar-refractivity contribution in [3.8, 4) is 0 Å². The zero-order valence-corrected chi connectivity index (χ0v) is 10.2. The van der Waals surface area contributed by atoms with Crippen molar-refractivity contribution in [3.63, 3.8) is 0 Å². The van der Waals surface area contributed by atoms with Gasteiger partial charge in [0, 0.05) is 13.6 Å². The molecule has 1 aromatic rings. The van der Waals surface area contributed by atoms with Gasteiger partial charge in [-0.05, 0) is 12.8 Å². The Labute approximate surface area is 104 Å². The van der Waals surface area contributed by atoms with E-state index in [4.69, 9.17) is 0 Å². The molecule has 1 N–H and O–H groups in total. The Kier molecular flexibility index (Phi) is 3.59. The summed E-state index contributed by atoms with van der Waals surface area (Å²) in [5.41, 5.74) is 0.200. The lowest BCUT2D eigenvalue weighted by molar-refractivity contribution is -0.142. The molecular weight excluding hydrogens is 236 g/mol. The van der Waals surface area contributed by atoms with Gasteiger partial charge in [-0.1, -0.05) is 12.8 Å². The van der Waals surface area contributed by atoms with Gasteiger partial charge in [0.25, 0.3) is 5.91 Å². The number of aromatic nitrogens is 3. The van der Waals surface area contributed by atoms with Crippen LogP contribution >= 0.6 is 0 Å². The Morgan fingerprint density at radius 3 is 2.78 bits per heavy atom. The maximum Gasteiger partial charge on any atom is 0.326 e. The third-order valence-electron chi connectivity index (χ3n) is 3.12. The predicted molar refractivity (Wildman–Crippen MR) is 61.9 cm³/mol. The molecule has 1 fully saturated rings. The zero-order chi connectivity index (χ0) is 13.1. The number of rotatable bonds is 2. The van der Waals surface area contributed by atoms with E-state index in [1.165, 1.54) is 15.9 Å². The largest absolute Gasteiger partial charge is 0.480 e. The minimum absolute atomic E-state index is 0.200. The summed E-state index contributed by atoms with van der Waals surface area (Å²) < 4.78 is 0. The lowest BCUT2D eigenvalue weighted by atomic mass is 10.1. The minimum atomic E-state index is -0.950.